The summed E-state index contributed by atoms with van der Waals surface area (Å²) >= 11 is 0. The first-order valence-corrected chi connectivity index (χ1v) is 6.95. The number of rotatable bonds is 3. The zero-order chi connectivity index (χ0) is 17.0. The average molecular weight is 331 g/mol. The summed E-state index contributed by atoms with van der Waals surface area (Å²) in [6.07, 6.45) is -3.58. The summed E-state index contributed by atoms with van der Waals surface area (Å²) in [5.41, 5.74) is 5.38. The highest BCUT2D eigenvalue weighted by Crippen LogP contribution is 2.26. The van der Waals surface area contributed by atoms with Crippen LogP contribution < -0.4 is 15.8 Å². The van der Waals surface area contributed by atoms with E-state index >= 15 is 0 Å². The monoisotopic (exact) mass is 331 g/mol. The first-order valence-electron chi connectivity index (χ1n) is 6.95. The van der Waals surface area contributed by atoms with E-state index in [4.69, 9.17) is 5.73 Å². The lowest BCUT2D eigenvalue weighted by Gasteiger charge is -2.30. The highest BCUT2D eigenvalue weighted by molar-refractivity contribution is 5.93. The number of carbonyl (C=O) groups is 2. The molecule has 6 nitrogen and oxygen atoms in total. The van der Waals surface area contributed by atoms with Crippen LogP contribution in [0.25, 0.3) is 0 Å². The second-order valence-corrected chi connectivity index (χ2v) is 5.19. The molecule has 0 radical (unpaired) electrons. The summed E-state index contributed by atoms with van der Waals surface area (Å²) in [7, 11) is 0. The Kier molecular flexibility index (Phi) is 4.97. The number of carbonyl (C=O) groups excluding carboxylic acids is 2. The van der Waals surface area contributed by atoms with E-state index in [2.05, 4.69) is 10.1 Å². The van der Waals surface area contributed by atoms with Crippen molar-refractivity contribution in [2.24, 2.45) is 11.7 Å². The zero-order valence-electron chi connectivity index (χ0n) is 12.1. The minimum Gasteiger partial charge on any atom is -0.406 e. The molecule has 0 spiro atoms. The quantitative estimate of drug-likeness (QED) is 0.891. The fraction of sp³-hybridized carbons (Fsp3) is 0.429. The molecular weight excluding hydrogens is 315 g/mol. The third-order valence-electron chi connectivity index (χ3n) is 3.44. The molecule has 1 heterocycles. The molecule has 2 rings (SSSR count). The normalized spacial score (nSPS) is 18.4. The third kappa shape index (κ3) is 5.04. The fourth-order valence-corrected chi connectivity index (χ4v) is 2.41. The van der Waals surface area contributed by atoms with Crippen LogP contribution in [0, 0.1) is 5.92 Å². The molecule has 0 aliphatic carbocycles. The van der Waals surface area contributed by atoms with Gasteiger partial charge in [0.2, 0.25) is 5.91 Å². The van der Waals surface area contributed by atoms with Crippen LogP contribution >= 0.6 is 0 Å². The molecule has 9 heteroatoms. The predicted molar refractivity (Wildman–Crippen MR) is 75.6 cm³/mol. The summed E-state index contributed by atoms with van der Waals surface area (Å²) in [6, 6.07) is 4.42. The Bertz CT molecular complexity index is 592. The lowest BCUT2D eigenvalue weighted by molar-refractivity contribution is -0.274. The Morgan fingerprint density at radius 1 is 1.35 bits per heavy atom. The molecule has 23 heavy (non-hydrogen) atoms. The predicted octanol–water partition coefficient (Wildman–Crippen LogP) is 2.31. The van der Waals surface area contributed by atoms with Gasteiger partial charge >= 0.3 is 12.4 Å². The van der Waals surface area contributed by atoms with E-state index in [1.165, 1.54) is 17.0 Å². The van der Waals surface area contributed by atoms with Crippen LogP contribution in [-0.2, 0) is 4.79 Å². The molecule has 1 aliphatic heterocycles. The van der Waals surface area contributed by atoms with Crippen LogP contribution in [-0.4, -0.2) is 36.3 Å². The van der Waals surface area contributed by atoms with Gasteiger partial charge < -0.3 is 20.7 Å². The molecule has 1 aromatic carbocycles. The van der Waals surface area contributed by atoms with E-state index in [0.29, 0.717) is 19.4 Å². The van der Waals surface area contributed by atoms with Crippen LogP contribution in [0.1, 0.15) is 12.8 Å². The van der Waals surface area contributed by atoms with Crippen molar-refractivity contribution >= 4 is 17.6 Å². The number of hydrogen-bond acceptors (Lipinski definition) is 3. The Morgan fingerprint density at radius 3 is 2.74 bits per heavy atom. The van der Waals surface area contributed by atoms with E-state index in [0.717, 1.165) is 12.1 Å². The number of piperidine rings is 1. The number of urea groups is 1. The van der Waals surface area contributed by atoms with Gasteiger partial charge in [-0.05, 0) is 25.0 Å². The fourth-order valence-electron chi connectivity index (χ4n) is 2.41. The van der Waals surface area contributed by atoms with E-state index in [1.807, 2.05) is 0 Å². The minimum atomic E-state index is -4.80. The van der Waals surface area contributed by atoms with Gasteiger partial charge in [0.05, 0.1) is 5.92 Å². The Morgan fingerprint density at radius 2 is 2.09 bits per heavy atom. The summed E-state index contributed by atoms with van der Waals surface area (Å²) in [4.78, 5) is 24.7. The molecule has 1 aromatic rings. The number of halogens is 3. The van der Waals surface area contributed by atoms with Gasteiger partial charge in [-0.1, -0.05) is 6.07 Å². The summed E-state index contributed by atoms with van der Waals surface area (Å²) in [5.74, 6) is -1.25. The largest absolute Gasteiger partial charge is 0.573 e. The number of nitrogens with zero attached hydrogens (tertiary/aromatic N) is 1. The Balaban J connectivity index is 2.00. The van der Waals surface area contributed by atoms with Crippen LogP contribution in [0.4, 0.5) is 23.7 Å². The number of benzene rings is 1. The van der Waals surface area contributed by atoms with Crippen molar-refractivity contribution < 1.29 is 27.5 Å². The molecule has 0 aromatic heterocycles. The average Bonchev–Trinajstić information content (AvgIpc) is 2.46. The molecule has 0 unspecified atom stereocenters. The molecule has 1 saturated heterocycles. The van der Waals surface area contributed by atoms with Gasteiger partial charge in [-0.25, -0.2) is 4.79 Å². The standard InChI is InChI=1S/C14H16F3N3O3/c15-14(16,17)23-11-5-1-4-10(7-11)19-12(21)9-3-2-6-20(8-9)13(18)22/h1,4-5,7,9H,2-3,6,8H2,(H2,18,22)(H,19,21)/t9-/m1/s1. The topological polar surface area (TPSA) is 84.7 Å². The van der Waals surface area contributed by atoms with Crippen molar-refractivity contribution in [2.45, 2.75) is 19.2 Å². The molecule has 1 aliphatic rings. The summed E-state index contributed by atoms with van der Waals surface area (Å²) < 4.78 is 40.4. The van der Waals surface area contributed by atoms with Gasteiger partial charge in [0.15, 0.2) is 0 Å². The highest BCUT2D eigenvalue weighted by atomic mass is 19.4. The molecule has 0 bridgehead atoms. The maximum Gasteiger partial charge on any atom is 0.573 e. The molecule has 126 valence electrons. The van der Waals surface area contributed by atoms with Crippen molar-refractivity contribution in [3.05, 3.63) is 24.3 Å². The summed E-state index contributed by atoms with van der Waals surface area (Å²) in [6.45, 7) is 0.688. The number of nitrogens with one attached hydrogen (secondary N) is 1. The lowest BCUT2D eigenvalue weighted by atomic mass is 9.97. The molecule has 3 N–H and O–H groups in total. The molecule has 3 amide bonds. The second kappa shape index (κ2) is 6.76. The van der Waals surface area contributed by atoms with Gasteiger partial charge in [0.1, 0.15) is 5.75 Å². The number of amides is 3. The Labute approximate surface area is 130 Å². The van der Waals surface area contributed by atoms with E-state index in [1.54, 1.807) is 0 Å². The number of likely N-dealkylation sites (tertiary alicyclic amines) is 1. The van der Waals surface area contributed by atoms with Crippen LogP contribution in [0.3, 0.4) is 0 Å². The van der Waals surface area contributed by atoms with Crippen LogP contribution in [0.2, 0.25) is 0 Å². The van der Waals surface area contributed by atoms with Gasteiger partial charge in [0.25, 0.3) is 0 Å². The lowest BCUT2D eigenvalue weighted by Crippen LogP contribution is -2.46. The second-order valence-electron chi connectivity index (χ2n) is 5.19. The maximum atomic E-state index is 12.2. The number of ether oxygens (including phenoxy) is 1. The number of primary amides is 1. The van der Waals surface area contributed by atoms with Crippen molar-refractivity contribution in [3.63, 3.8) is 0 Å². The van der Waals surface area contributed by atoms with Crippen LogP contribution in [0.5, 0.6) is 5.75 Å². The minimum absolute atomic E-state index is 0.188. The molecule has 1 atom stereocenters. The van der Waals surface area contributed by atoms with Crippen molar-refractivity contribution in [1.29, 1.82) is 0 Å². The molecule has 1 fully saturated rings. The Hall–Kier alpha value is -2.45. The van der Waals surface area contributed by atoms with E-state index < -0.39 is 24.1 Å². The number of anilines is 1. The molecular formula is C14H16F3N3O3. The number of alkyl halides is 3. The van der Waals surface area contributed by atoms with Gasteiger partial charge in [0, 0.05) is 24.8 Å². The molecule has 0 saturated carbocycles. The maximum absolute atomic E-state index is 12.2. The van der Waals surface area contributed by atoms with E-state index in [9.17, 15) is 22.8 Å². The highest BCUT2D eigenvalue weighted by Gasteiger charge is 2.31. The smallest absolute Gasteiger partial charge is 0.406 e. The van der Waals surface area contributed by atoms with Crippen LogP contribution in [0.15, 0.2) is 24.3 Å². The number of hydrogen-bond donors (Lipinski definition) is 2. The number of nitrogens with two attached hydrogens (primary N) is 1. The third-order valence-corrected chi connectivity index (χ3v) is 3.44. The van der Waals surface area contributed by atoms with Crippen molar-refractivity contribution in [3.8, 4) is 5.75 Å². The van der Waals surface area contributed by atoms with Gasteiger partial charge in [-0.2, -0.15) is 0 Å². The first-order chi connectivity index (χ1) is 10.7. The van der Waals surface area contributed by atoms with E-state index in [-0.39, 0.29) is 18.1 Å². The SMILES string of the molecule is NC(=O)N1CCC[C@@H](C(=O)Nc2cccc(OC(F)(F)F)c2)C1. The van der Waals surface area contributed by atoms with Crippen molar-refractivity contribution in [1.82, 2.24) is 4.90 Å². The first kappa shape index (κ1) is 16.9. The zero-order valence-corrected chi connectivity index (χ0v) is 12.1. The van der Waals surface area contributed by atoms with Gasteiger partial charge in [-0.15, -0.1) is 13.2 Å². The van der Waals surface area contributed by atoms with Gasteiger partial charge in [-0.3, -0.25) is 4.79 Å². The summed E-state index contributed by atoms with van der Waals surface area (Å²) in [5, 5.41) is 2.53. The van der Waals surface area contributed by atoms with Crippen molar-refractivity contribution in [2.75, 3.05) is 18.4 Å².